The number of hydrogen-bond acceptors (Lipinski definition) is 6. The molecular formula is C22H36N6. The summed E-state index contributed by atoms with van der Waals surface area (Å²) >= 11 is 0. The summed E-state index contributed by atoms with van der Waals surface area (Å²) in [7, 11) is 0. The summed E-state index contributed by atoms with van der Waals surface area (Å²) in [5.74, 6) is 0.883. The molecule has 0 spiro atoms. The molecule has 3 fully saturated rings. The van der Waals surface area contributed by atoms with E-state index in [9.17, 15) is 10.5 Å². The van der Waals surface area contributed by atoms with Crippen LogP contribution in [0, 0.1) is 22.7 Å². The van der Waals surface area contributed by atoms with Gasteiger partial charge in [-0.3, -0.25) is 0 Å². The van der Waals surface area contributed by atoms with Crippen molar-refractivity contribution in [3.63, 3.8) is 0 Å². The van der Waals surface area contributed by atoms with Gasteiger partial charge in [0.1, 0.15) is 18.0 Å². The molecule has 0 bridgehead atoms. The zero-order chi connectivity index (χ0) is 19.9. The summed E-state index contributed by atoms with van der Waals surface area (Å²) in [6, 6.07) is 5.69. The first-order valence-corrected chi connectivity index (χ1v) is 11.2. The molecule has 0 N–H and O–H groups in total. The molecule has 2 unspecified atom stereocenters. The van der Waals surface area contributed by atoms with Gasteiger partial charge in [0.15, 0.2) is 5.57 Å². The van der Waals surface area contributed by atoms with Crippen molar-refractivity contribution >= 4 is 0 Å². The lowest BCUT2D eigenvalue weighted by molar-refractivity contribution is 0.237. The van der Waals surface area contributed by atoms with Gasteiger partial charge in [-0.1, -0.05) is 0 Å². The Bertz CT molecular complexity index is 578. The second-order valence-electron chi connectivity index (χ2n) is 8.66. The van der Waals surface area contributed by atoms with E-state index in [0.29, 0.717) is 12.1 Å². The highest BCUT2D eigenvalue weighted by molar-refractivity contribution is 5.40. The molecule has 0 radical (unpaired) electrons. The average molecular weight is 385 g/mol. The molecule has 3 rings (SSSR count). The summed E-state index contributed by atoms with van der Waals surface area (Å²) in [6.45, 7) is 13.0. The fourth-order valence-electron chi connectivity index (χ4n) is 5.11. The van der Waals surface area contributed by atoms with E-state index in [1.165, 1.54) is 38.8 Å². The Morgan fingerprint density at radius 2 is 1.25 bits per heavy atom. The van der Waals surface area contributed by atoms with Crippen molar-refractivity contribution in [2.75, 3.05) is 52.4 Å². The van der Waals surface area contributed by atoms with Crippen molar-refractivity contribution in [3.8, 4) is 12.1 Å². The van der Waals surface area contributed by atoms with Gasteiger partial charge in [-0.05, 0) is 65.5 Å². The van der Waals surface area contributed by atoms with Crippen molar-refractivity contribution in [1.29, 1.82) is 10.5 Å². The van der Waals surface area contributed by atoms with E-state index >= 15 is 0 Å². The first-order chi connectivity index (χ1) is 13.6. The maximum atomic E-state index is 9.49. The predicted octanol–water partition coefficient (Wildman–Crippen LogP) is 2.61. The third-order valence-electron chi connectivity index (χ3n) is 6.81. The van der Waals surface area contributed by atoms with Gasteiger partial charge in [-0.2, -0.15) is 10.5 Å². The molecule has 6 nitrogen and oxygen atoms in total. The van der Waals surface area contributed by atoms with Crippen LogP contribution in [0.4, 0.5) is 0 Å². The lowest BCUT2D eigenvalue weighted by Crippen LogP contribution is -2.33. The molecule has 2 atom stereocenters. The monoisotopic (exact) mass is 384 g/mol. The molecule has 3 heterocycles. The van der Waals surface area contributed by atoms with Crippen molar-refractivity contribution in [2.24, 2.45) is 0 Å². The molecule has 0 amide bonds. The summed E-state index contributed by atoms with van der Waals surface area (Å²) in [4.78, 5) is 9.70. The number of allylic oxidation sites excluding steroid dienone is 1. The topological polar surface area (TPSA) is 60.5 Å². The molecule has 0 aromatic rings. The van der Waals surface area contributed by atoms with Crippen LogP contribution in [0.15, 0.2) is 11.4 Å². The highest BCUT2D eigenvalue weighted by atomic mass is 15.4. The van der Waals surface area contributed by atoms with Crippen LogP contribution in [-0.2, 0) is 0 Å². The fourth-order valence-corrected chi connectivity index (χ4v) is 5.11. The SMILES string of the molecule is CC1CCCN1CCCN1CCN(CCCN2CCCC2C)C1=C(C#N)C#N. The van der Waals surface area contributed by atoms with Crippen molar-refractivity contribution in [1.82, 2.24) is 19.6 Å². The third-order valence-corrected chi connectivity index (χ3v) is 6.81. The quantitative estimate of drug-likeness (QED) is 0.600. The Morgan fingerprint density at radius 1 is 0.786 bits per heavy atom. The van der Waals surface area contributed by atoms with Crippen LogP contribution >= 0.6 is 0 Å². The summed E-state index contributed by atoms with van der Waals surface area (Å²) < 4.78 is 0. The molecule has 3 aliphatic rings. The van der Waals surface area contributed by atoms with Crippen molar-refractivity contribution in [3.05, 3.63) is 11.4 Å². The Hall–Kier alpha value is -1.76. The minimum atomic E-state index is 0.279. The highest BCUT2D eigenvalue weighted by Crippen LogP contribution is 2.24. The molecule has 0 aromatic heterocycles. The van der Waals surface area contributed by atoms with Gasteiger partial charge < -0.3 is 19.6 Å². The zero-order valence-corrected chi connectivity index (χ0v) is 17.7. The smallest absolute Gasteiger partial charge is 0.169 e. The van der Waals surface area contributed by atoms with E-state index in [-0.39, 0.29) is 5.57 Å². The maximum Gasteiger partial charge on any atom is 0.169 e. The Balaban J connectivity index is 1.53. The Kier molecular flexibility index (Phi) is 7.59. The Labute approximate surface area is 171 Å². The molecule has 0 aliphatic carbocycles. The molecule has 0 aromatic carbocycles. The second-order valence-corrected chi connectivity index (χ2v) is 8.66. The molecule has 0 saturated carbocycles. The number of nitriles is 2. The van der Waals surface area contributed by atoms with E-state index in [0.717, 1.165) is 57.9 Å². The van der Waals surface area contributed by atoms with E-state index in [2.05, 4.69) is 45.6 Å². The van der Waals surface area contributed by atoms with Gasteiger partial charge in [0, 0.05) is 51.4 Å². The van der Waals surface area contributed by atoms with Crippen LogP contribution < -0.4 is 0 Å². The van der Waals surface area contributed by atoms with Crippen LogP contribution in [0.2, 0.25) is 0 Å². The summed E-state index contributed by atoms with van der Waals surface area (Å²) in [5.41, 5.74) is 0.279. The van der Waals surface area contributed by atoms with Gasteiger partial charge in [0.2, 0.25) is 0 Å². The summed E-state index contributed by atoms with van der Waals surface area (Å²) in [5, 5.41) is 19.0. The minimum Gasteiger partial charge on any atom is -0.355 e. The van der Waals surface area contributed by atoms with Gasteiger partial charge in [-0.15, -0.1) is 0 Å². The highest BCUT2D eigenvalue weighted by Gasteiger charge is 2.29. The third kappa shape index (κ3) is 4.99. The summed E-state index contributed by atoms with van der Waals surface area (Å²) in [6.07, 6.45) is 7.43. The second kappa shape index (κ2) is 10.1. The number of nitrogens with zero attached hydrogens (tertiary/aromatic N) is 6. The molecular weight excluding hydrogens is 348 g/mol. The van der Waals surface area contributed by atoms with E-state index in [1.54, 1.807) is 0 Å². The van der Waals surface area contributed by atoms with Crippen LogP contribution in [0.25, 0.3) is 0 Å². The van der Waals surface area contributed by atoms with Crippen molar-refractivity contribution in [2.45, 2.75) is 64.5 Å². The first kappa shape index (κ1) is 21.0. The van der Waals surface area contributed by atoms with Gasteiger partial charge in [-0.25, -0.2) is 0 Å². The molecule has 3 saturated heterocycles. The Morgan fingerprint density at radius 3 is 1.61 bits per heavy atom. The van der Waals surface area contributed by atoms with Crippen LogP contribution in [0.3, 0.4) is 0 Å². The number of hydrogen-bond donors (Lipinski definition) is 0. The van der Waals surface area contributed by atoms with E-state index < -0.39 is 0 Å². The van der Waals surface area contributed by atoms with Gasteiger partial charge in [0.05, 0.1) is 0 Å². The normalized spacial score (nSPS) is 26.1. The number of rotatable bonds is 8. The van der Waals surface area contributed by atoms with Gasteiger partial charge >= 0.3 is 0 Å². The van der Waals surface area contributed by atoms with Crippen molar-refractivity contribution < 1.29 is 0 Å². The largest absolute Gasteiger partial charge is 0.355 e. The fraction of sp³-hybridized carbons (Fsp3) is 0.818. The molecule has 3 aliphatic heterocycles. The molecule has 154 valence electrons. The number of likely N-dealkylation sites (tertiary alicyclic amines) is 2. The van der Waals surface area contributed by atoms with Crippen LogP contribution in [0.5, 0.6) is 0 Å². The minimum absolute atomic E-state index is 0.279. The lowest BCUT2D eigenvalue weighted by Gasteiger charge is -2.27. The zero-order valence-electron chi connectivity index (χ0n) is 17.7. The molecule has 6 heteroatoms. The van der Waals surface area contributed by atoms with Crippen LogP contribution in [0.1, 0.15) is 52.4 Å². The maximum absolute atomic E-state index is 9.49. The standard InChI is InChI=1S/C22H36N6/c1-19-7-3-9-25(19)11-5-13-27-15-16-28(22(27)21(17-23)18-24)14-6-12-26-10-4-8-20(26)2/h19-20H,3-16H2,1-2H3. The van der Waals surface area contributed by atoms with E-state index in [1.807, 2.05) is 0 Å². The van der Waals surface area contributed by atoms with E-state index in [4.69, 9.17) is 0 Å². The van der Waals surface area contributed by atoms with Gasteiger partial charge in [0.25, 0.3) is 0 Å². The lowest BCUT2D eigenvalue weighted by atomic mass is 10.2. The first-order valence-electron chi connectivity index (χ1n) is 11.2. The molecule has 28 heavy (non-hydrogen) atoms. The average Bonchev–Trinajstić information content (AvgIpc) is 3.39. The predicted molar refractivity (Wildman–Crippen MR) is 111 cm³/mol. The van der Waals surface area contributed by atoms with Crippen LogP contribution in [-0.4, -0.2) is 84.0 Å².